The number of rotatable bonds is 11. The maximum absolute atomic E-state index is 16.0. The first-order chi connectivity index (χ1) is 18.1. The third kappa shape index (κ3) is 6.04. The molecule has 4 rings (SSSR count). The van der Waals surface area contributed by atoms with Gasteiger partial charge >= 0.3 is 13.7 Å². The molecule has 2 aromatic heterocycles. The molecule has 15 heteroatoms. The van der Waals surface area contributed by atoms with Crippen molar-refractivity contribution in [2.24, 2.45) is 5.92 Å². The summed E-state index contributed by atoms with van der Waals surface area (Å²) >= 11 is 0. The van der Waals surface area contributed by atoms with Crippen LogP contribution in [0.25, 0.3) is 11.2 Å². The molecule has 0 unspecified atom stereocenters. The Kier molecular flexibility index (Phi) is 8.16. The van der Waals surface area contributed by atoms with Gasteiger partial charge in [-0.2, -0.15) is 15.1 Å². The summed E-state index contributed by atoms with van der Waals surface area (Å²) in [5, 5.41) is 5.43. The predicted octanol–water partition coefficient (Wildman–Crippen LogP) is 3.42. The van der Waals surface area contributed by atoms with Gasteiger partial charge in [-0.05, 0) is 26.0 Å². The molecule has 38 heavy (non-hydrogen) atoms. The van der Waals surface area contributed by atoms with Crippen molar-refractivity contribution in [2.75, 3.05) is 31.3 Å². The minimum atomic E-state index is -4.26. The van der Waals surface area contributed by atoms with E-state index in [1.165, 1.54) is 13.3 Å². The highest BCUT2D eigenvalue weighted by Crippen LogP contribution is 2.49. The molecule has 206 valence electrons. The zero-order chi connectivity index (χ0) is 27.5. The smallest absolute Gasteiger partial charge is 0.459 e. The van der Waals surface area contributed by atoms with Gasteiger partial charge in [0.05, 0.1) is 12.9 Å². The van der Waals surface area contributed by atoms with Gasteiger partial charge < -0.3 is 25.0 Å². The van der Waals surface area contributed by atoms with Gasteiger partial charge in [0, 0.05) is 19.4 Å². The number of imidazole rings is 1. The van der Waals surface area contributed by atoms with Crippen LogP contribution in [0.2, 0.25) is 0 Å². The van der Waals surface area contributed by atoms with Crippen molar-refractivity contribution in [1.82, 2.24) is 24.6 Å². The van der Waals surface area contributed by atoms with Crippen LogP contribution in [0.5, 0.6) is 5.75 Å². The first kappa shape index (κ1) is 27.7. The number of carbonyl (C=O) groups excluding carboxylic acids is 1. The number of carbonyl (C=O) groups is 1. The summed E-state index contributed by atoms with van der Waals surface area (Å²) in [6.07, 6.45) is 0.572. The van der Waals surface area contributed by atoms with Crippen LogP contribution in [0.3, 0.4) is 0 Å². The molecule has 4 N–H and O–H groups in total. The lowest BCUT2D eigenvalue weighted by molar-refractivity contribution is -0.173. The van der Waals surface area contributed by atoms with Crippen molar-refractivity contribution in [3.8, 4) is 5.75 Å². The Balaban J connectivity index is 1.53. The number of nitrogens with two attached hydrogens (primary N) is 1. The lowest BCUT2D eigenvalue weighted by Crippen LogP contribution is -2.37. The van der Waals surface area contributed by atoms with E-state index in [-0.39, 0.29) is 30.6 Å². The summed E-state index contributed by atoms with van der Waals surface area (Å²) in [5.41, 5.74) is 6.65. The van der Waals surface area contributed by atoms with Crippen molar-refractivity contribution in [2.45, 2.75) is 45.3 Å². The van der Waals surface area contributed by atoms with E-state index in [2.05, 4.69) is 25.4 Å². The van der Waals surface area contributed by atoms with Crippen LogP contribution in [0.1, 0.15) is 33.4 Å². The number of para-hydroxylation sites is 1. The second kappa shape index (κ2) is 11.2. The van der Waals surface area contributed by atoms with Gasteiger partial charge in [-0.3, -0.25) is 13.9 Å². The van der Waals surface area contributed by atoms with Gasteiger partial charge in [0.25, 0.3) is 0 Å². The fourth-order valence-electron chi connectivity index (χ4n) is 4.13. The molecule has 0 radical (unpaired) electrons. The summed E-state index contributed by atoms with van der Waals surface area (Å²) in [7, 11) is -2.59. The lowest BCUT2D eigenvalue weighted by Gasteiger charge is -2.26. The van der Waals surface area contributed by atoms with Crippen LogP contribution in [0.4, 0.5) is 16.2 Å². The average molecular weight is 552 g/mol. The number of hydrogen-bond acceptors (Lipinski definition) is 11. The van der Waals surface area contributed by atoms with Crippen molar-refractivity contribution in [1.29, 1.82) is 0 Å². The topological polar surface area (TPSA) is 165 Å². The molecule has 3 aromatic rings. The Labute approximate surface area is 218 Å². The summed E-state index contributed by atoms with van der Waals surface area (Å²) in [5.74, 6) is -2.71. The van der Waals surface area contributed by atoms with Gasteiger partial charge in [-0.25, -0.2) is 13.9 Å². The van der Waals surface area contributed by atoms with Crippen molar-refractivity contribution in [3.63, 3.8) is 0 Å². The van der Waals surface area contributed by atoms with Crippen LogP contribution >= 0.6 is 7.75 Å². The number of nitrogens with zero attached hydrogens (tertiary/aromatic N) is 4. The van der Waals surface area contributed by atoms with Crippen molar-refractivity contribution in [3.05, 3.63) is 36.7 Å². The molecule has 1 aliphatic rings. The van der Waals surface area contributed by atoms with Crippen LogP contribution in [-0.4, -0.2) is 57.6 Å². The number of nitrogen functional groups attached to an aromatic ring is 1. The van der Waals surface area contributed by atoms with E-state index in [0.717, 1.165) is 0 Å². The molecule has 1 saturated heterocycles. The maximum Gasteiger partial charge on any atom is 0.459 e. The molecular weight excluding hydrogens is 520 g/mol. The number of aromatic nitrogens is 4. The van der Waals surface area contributed by atoms with E-state index in [1.54, 1.807) is 55.8 Å². The van der Waals surface area contributed by atoms with Gasteiger partial charge in [0.1, 0.15) is 24.6 Å². The van der Waals surface area contributed by atoms with Crippen molar-refractivity contribution < 1.29 is 32.3 Å². The lowest BCUT2D eigenvalue weighted by atomic mass is 10.1. The Bertz CT molecular complexity index is 1330. The Hall–Kier alpha value is -3.32. The van der Waals surface area contributed by atoms with E-state index in [0.29, 0.717) is 17.0 Å². The number of ether oxygens (including phenoxy) is 2. The normalized spacial score (nSPS) is 23.6. The summed E-state index contributed by atoms with van der Waals surface area (Å²) in [6.45, 7) is 4.27. The number of fused-ring (bicyclic) bond motifs is 1. The summed E-state index contributed by atoms with van der Waals surface area (Å²) in [4.78, 5) is 24.8. The number of benzene rings is 1. The summed E-state index contributed by atoms with van der Waals surface area (Å²) < 4.78 is 53.0. The molecule has 1 aliphatic heterocycles. The number of alkyl halides is 1. The molecule has 0 bridgehead atoms. The molecular formula is C23H31FN7O6P. The molecule has 1 aromatic carbocycles. The largest absolute Gasteiger partial charge is 0.465 e. The van der Waals surface area contributed by atoms with Gasteiger partial charge in [-0.1, -0.05) is 25.1 Å². The zero-order valence-corrected chi connectivity index (χ0v) is 22.4. The minimum Gasteiger partial charge on any atom is -0.465 e. The molecule has 13 nitrogen and oxygen atoms in total. The molecule has 0 saturated carbocycles. The molecule has 0 aliphatic carbocycles. The van der Waals surface area contributed by atoms with Crippen LogP contribution in [-0.2, 0) is 23.4 Å². The third-order valence-corrected chi connectivity index (χ3v) is 7.43. The Morgan fingerprint density at radius 1 is 1.37 bits per heavy atom. The van der Waals surface area contributed by atoms with Gasteiger partial charge in [0.15, 0.2) is 17.0 Å². The fraction of sp³-hybridized carbons (Fsp3) is 0.478. The molecule has 0 spiro atoms. The highest BCUT2D eigenvalue weighted by atomic mass is 31.2. The number of hydrogen-bond donors (Lipinski definition) is 3. The van der Waals surface area contributed by atoms with Crippen molar-refractivity contribution >= 4 is 36.6 Å². The highest BCUT2D eigenvalue weighted by Gasteiger charge is 2.49. The van der Waals surface area contributed by atoms with E-state index >= 15 is 4.39 Å². The zero-order valence-electron chi connectivity index (χ0n) is 21.5. The average Bonchev–Trinajstić information content (AvgIpc) is 3.43. The van der Waals surface area contributed by atoms with E-state index in [4.69, 9.17) is 24.3 Å². The first-order valence-electron chi connectivity index (χ1n) is 12.0. The predicted molar refractivity (Wildman–Crippen MR) is 137 cm³/mol. The minimum absolute atomic E-state index is 0.0184. The quantitative estimate of drug-likeness (QED) is 0.235. The van der Waals surface area contributed by atoms with E-state index in [9.17, 15) is 9.36 Å². The molecule has 5 atom stereocenters. The number of anilines is 2. The molecule has 1 fully saturated rings. The monoisotopic (exact) mass is 551 g/mol. The Morgan fingerprint density at radius 2 is 2.11 bits per heavy atom. The van der Waals surface area contributed by atoms with E-state index < -0.39 is 38.4 Å². The van der Waals surface area contributed by atoms with E-state index in [1.807, 2.05) is 0 Å². The Morgan fingerprint density at radius 3 is 2.79 bits per heavy atom. The van der Waals surface area contributed by atoms with Crippen LogP contribution in [0.15, 0.2) is 36.7 Å². The summed E-state index contributed by atoms with van der Waals surface area (Å²) in [6, 6.07) is 7.14. The maximum atomic E-state index is 16.0. The number of nitrogens with one attached hydrogen (secondary N) is 2. The number of esters is 1. The number of halogens is 1. The fourth-order valence-corrected chi connectivity index (χ4v) is 5.65. The van der Waals surface area contributed by atoms with Gasteiger partial charge in [0.2, 0.25) is 11.8 Å². The highest BCUT2D eigenvalue weighted by molar-refractivity contribution is 7.52. The van der Waals surface area contributed by atoms with Gasteiger partial charge in [-0.15, -0.1) is 0 Å². The first-order valence-corrected chi connectivity index (χ1v) is 13.6. The second-order valence-electron chi connectivity index (χ2n) is 8.86. The SMILES string of the molecule is CCOC(=O)[C@@H](C)N[P@](=O)(OC[C@]1(F)C[C@H](C)[C@H](n2cnc3c(NC)nc(N)nc32)O1)Oc1ccccc1. The molecule has 3 heterocycles. The van der Waals surface area contributed by atoms with Crippen LogP contribution < -0.4 is 20.7 Å². The molecule has 0 amide bonds. The third-order valence-electron chi connectivity index (χ3n) is 5.81. The second-order valence-corrected chi connectivity index (χ2v) is 10.5. The standard InChI is InChI=1S/C23H31FN7O6P/c1-5-34-21(32)15(3)30-38(33,37-16-9-7-6-8-10-16)35-12-23(24)11-14(2)20(36-23)31-13-27-17-18(26-4)28-22(25)29-19(17)31/h6-10,13-15,20H,5,11-12H2,1-4H3,(H,30,33)(H3,25,26,28,29)/t14-,15+,20+,23-,38-/m0/s1. The van der Waals surface area contributed by atoms with Crippen LogP contribution in [0, 0.1) is 5.92 Å².